The summed E-state index contributed by atoms with van der Waals surface area (Å²) in [5, 5.41) is 2.91. The number of amides is 1. The highest BCUT2D eigenvalue weighted by Gasteiger charge is 2.08. The van der Waals surface area contributed by atoms with Gasteiger partial charge in [-0.15, -0.1) is 0 Å². The quantitative estimate of drug-likeness (QED) is 0.785. The zero-order valence-electron chi connectivity index (χ0n) is 10.4. The minimum Gasteiger partial charge on any atom is -0.397 e. The van der Waals surface area contributed by atoms with Crippen molar-refractivity contribution in [3.63, 3.8) is 0 Å². The van der Waals surface area contributed by atoms with Gasteiger partial charge in [0.05, 0.1) is 17.9 Å². The van der Waals surface area contributed by atoms with Gasteiger partial charge in [-0.2, -0.15) is 0 Å². The summed E-state index contributed by atoms with van der Waals surface area (Å²) in [6.45, 7) is 4.35. The topological polar surface area (TPSA) is 58.4 Å². The Morgan fingerprint density at radius 3 is 2.76 bits per heavy atom. The maximum absolute atomic E-state index is 13.2. The Kier molecular flexibility index (Phi) is 4.31. The first-order valence-electron chi connectivity index (χ1n) is 5.49. The first-order chi connectivity index (χ1) is 7.95. The molecular weight excluding hydrogens is 221 g/mol. The molecule has 94 valence electrons. The number of hydrogen-bond acceptors (Lipinski definition) is 3. The van der Waals surface area contributed by atoms with Crippen LogP contribution in [0.2, 0.25) is 0 Å². The number of benzene rings is 1. The molecule has 0 atom stereocenters. The molecule has 1 rings (SSSR count). The largest absolute Gasteiger partial charge is 0.397 e. The molecule has 4 nitrogen and oxygen atoms in total. The third kappa shape index (κ3) is 3.34. The van der Waals surface area contributed by atoms with Gasteiger partial charge >= 0.3 is 0 Å². The summed E-state index contributed by atoms with van der Waals surface area (Å²) in [6.07, 6.45) is 0. The molecule has 0 fully saturated rings. The predicted octanol–water partition coefficient (Wildman–Crippen LogP) is 1.61. The average molecular weight is 239 g/mol. The monoisotopic (exact) mass is 239 g/mol. The van der Waals surface area contributed by atoms with Crippen LogP contribution in [0.15, 0.2) is 12.1 Å². The molecule has 5 heteroatoms. The molecule has 0 heterocycles. The molecule has 1 aromatic carbocycles. The van der Waals surface area contributed by atoms with Gasteiger partial charge in [-0.05, 0) is 31.5 Å². The van der Waals surface area contributed by atoms with E-state index in [0.29, 0.717) is 23.5 Å². The number of carbonyl (C=O) groups excluding carboxylic acids is 1. The summed E-state index contributed by atoms with van der Waals surface area (Å²) in [4.78, 5) is 13.2. The van der Waals surface area contributed by atoms with E-state index in [0.717, 1.165) is 0 Å². The molecular formula is C12H18FN3O. The van der Waals surface area contributed by atoms with Crippen molar-refractivity contribution in [1.29, 1.82) is 0 Å². The summed E-state index contributed by atoms with van der Waals surface area (Å²) in [7, 11) is 1.73. The van der Waals surface area contributed by atoms with Gasteiger partial charge in [0.15, 0.2) is 0 Å². The highest BCUT2D eigenvalue weighted by molar-refractivity contribution is 5.82. The summed E-state index contributed by atoms with van der Waals surface area (Å²) >= 11 is 0. The van der Waals surface area contributed by atoms with Crippen molar-refractivity contribution in [3.8, 4) is 0 Å². The van der Waals surface area contributed by atoms with E-state index >= 15 is 0 Å². The Balaban J connectivity index is 2.70. The van der Waals surface area contributed by atoms with Crippen LogP contribution in [0.3, 0.4) is 0 Å². The average Bonchev–Trinajstić information content (AvgIpc) is 2.30. The number of anilines is 2. The molecule has 0 aliphatic carbocycles. The minimum absolute atomic E-state index is 0.0334. The number of nitrogens with zero attached hydrogens (tertiary/aromatic N) is 1. The smallest absolute Gasteiger partial charge is 0.241 e. The van der Waals surface area contributed by atoms with Gasteiger partial charge in [-0.3, -0.25) is 4.79 Å². The molecule has 0 aromatic heterocycles. The molecule has 0 aliphatic heterocycles. The number of likely N-dealkylation sites (N-methyl/N-ethyl adjacent to an activating group) is 1. The van der Waals surface area contributed by atoms with Crippen molar-refractivity contribution in [2.45, 2.75) is 13.8 Å². The van der Waals surface area contributed by atoms with Crippen molar-refractivity contribution in [2.24, 2.45) is 0 Å². The fourth-order valence-corrected chi connectivity index (χ4v) is 1.33. The van der Waals surface area contributed by atoms with E-state index in [2.05, 4.69) is 5.32 Å². The van der Waals surface area contributed by atoms with Crippen LogP contribution in [0.4, 0.5) is 15.8 Å². The fraction of sp³-hybridized carbons (Fsp3) is 0.417. The van der Waals surface area contributed by atoms with Gasteiger partial charge in [0.25, 0.3) is 0 Å². The molecule has 0 saturated heterocycles. The maximum atomic E-state index is 13.2. The van der Waals surface area contributed by atoms with Crippen molar-refractivity contribution in [1.82, 2.24) is 4.90 Å². The zero-order valence-corrected chi connectivity index (χ0v) is 10.4. The van der Waals surface area contributed by atoms with E-state index in [1.165, 1.54) is 6.07 Å². The second kappa shape index (κ2) is 5.52. The first-order valence-corrected chi connectivity index (χ1v) is 5.49. The third-order valence-electron chi connectivity index (χ3n) is 2.66. The summed E-state index contributed by atoms with van der Waals surface area (Å²) in [6, 6.07) is 2.86. The van der Waals surface area contributed by atoms with Gasteiger partial charge in [0.1, 0.15) is 5.82 Å². The van der Waals surface area contributed by atoms with E-state index in [-0.39, 0.29) is 18.3 Å². The van der Waals surface area contributed by atoms with Crippen LogP contribution in [-0.4, -0.2) is 30.9 Å². The molecule has 1 aromatic rings. The standard InChI is InChI=1S/C12H18FN3O/c1-4-16(3)12(17)7-15-11-5-8(2)9(13)6-10(11)14/h5-6,15H,4,7,14H2,1-3H3. The first kappa shape index (κ1) is 13.3. The molecule has 0 radical (unpaired) electrons. The van der Waals surface area contributed by atoms with Gasteiger partial charge in [-0.25, -0.2) is 4.39 Å². The third-order valence-corrected chi connectivity index (χ3v) is 2.66. The minimum atomic E-state index is -0.343. The van der Waals surface area contributed by atoms with Crippen molar-refractivity contribution < 1.29 is 9.18 Å². The number of nitrogens with one attached hydrogen (secondary N) is 1. The number of aryl methyl sites for hydroxylation is 1. The van der Waals surface area contributed by atoms with E-state index in [1.54, 1.807) is 24.9 Å². The van der Waals surface area contributed by atoms with E-state index in [4.69, 9.17) is 5.73 Å². The normalized spacial score (nSPS) is 10.1. The van der Waals surface area contributed by atoms with Crippen LogP contribution in [0.1, 0.15) is 12.5 Å². The fourth-order valence-electron chi connectivity index (χ4n) is 1.33. The summed E-state index contributed by atoms with van der Waals surface area (Å²) < 4.78 is 13.2. The Labute approximate surface area is 101 Å². The Morgan fingerprint density at radius 1 is 1.53 bits per heavy atom. The molecule has 0 aliphatic rings. The lowest BCUT2D eigenvalue weighted by molar-refractivity contribution is -0.127. The van der Waals surface area contributed by atoms with Crippen molar-refractivity contribution in [2.75, 3.05) is 31.2 Å². The van der Waals surface area contributed by atoms with Crippen molar-refractivity contribution >= 4 is 17.3 Å². The van der Waals surface area contributed by atoms with Crippen LogP contribution < -0.4 is 11.1 Å². The lowest BCUT2D eigenvalue weighted by Gasteiger charge is -2.16. The summed E-state index contributed by atoms with van der Waals surface area (Å²) in [5.74, 6) is -0.376. The molecule has 0 saturated carbocycles. The summed E-state index contributed by atoms with van der Waals surface area (Å²) in [5.41, 5.74) is 7.05. The molecule has 0 spiro atoms. The maximum Gasteiger partial charge on any atom is 0.241 e. The lowest BCUT2D eigenvalue weighted by Crippen LogP contribution is -2.32. The SMILES string of the molecule is CCN(C)C(=O)CNc1cc(C)c(F)cc1N. The number of nitrogens with two attached hydrogens (primary N) is 1. The second-order valence-corrected chi connectivity index (χ2v) is 3.95. The van der Waals surface area contributed by atoms with Crippen molar-refractivity contribution in [3.05, 3.63) is 23.5 Å². The molecule has 17 heavy (non-hydrogen) atoms. The Hall–Kier alpha value is -1.78. The number of halogens is 1. The molecule has 0 bridgehead atoms. The van der Waals surface area contributed by atoms with Gasteiger partial charge in [0, 0.05) is 13.6 Å². The van der Waals surface area contributed by atoms with Gasteiger partial charge in [-0.1, -0.05) is 0 Å². The van der Waals surface area contributed by atoms with E-state index in [9.17, 15) is 9.18 Å². The number of carbonyl (C=O) groups is 1. The van der Waals surface area contributed by atoms with Crippen LogP contribution >= 0.6 is 0 Å². The highest BCUT2D eigenvalue weighted by Crippen LogP contribution is 2.22. The molecule has 1 amide bonds. The predicted molar refractivity (Wildman–Crippen MR) is 67.4 cm³/mol. The number of rotatable bonds is 4. The molecule has 0 unspecified atom stereocenters. The van der Waals surface area contributed by atoms with Gasteiger partial charge < -0.3 is 16.0 Å². The van der Waals surface area contributed by atoms with Crippen LogP contribution in [-0.2, 0) is 4.79 Å². The van der Waals surface area contributed by atoms with Gasteiger partial charge in [0.2, 0.25) is 5.91 Å². The second-order valence-electron chi connectivity index (χ2n) is 3.95. The number of nitrogen functional groups attached to an aromatic ring is 1. The van der Waals surface area contributed by atoms with Crippen LogP contribution in [0, 0.1) is 12.7 Å². The lowest BCUT2D eigenvalue weighted by atomic mass is 10.2. The molecule has 3 N–H and O–H groups in total. The zero-order chi connectivity index (χ0) is 13.0. The van der Waals surface area contributed by atoms with Crippen LogP contribution in [0.5, 0.6) is 0 Å². The highest BCUT2D eigenvalue weighted by atomic mass is 19.1. The van der Waals surface area contributed by atoms with E-state index in [1.807, 2.05) is 6.92 Å². The van der Waals surface area contributed by atoms with Crippen LogP contribution in [0.25, 0.3) is 0 Å². The van der Waals surface area contributed by atoms with E-state index < -0.39 is 0 Å². The Morgan fingerprint density at radius 2 is 2.18 bits per heavy atom. The Bertz CT molecular complexity index is 420. The number of hydrogen-bond donors (Lipinski definition) is 2.